The highest BCUT2D eigenvalue weighted by Crippen LogP contribution is 2.33. The standard InChI is InChI=1S/C30H26N2O2S/c1-3-28(30(34)32-26-13-6-4-11-24(26)25-12-5-7-14-27(25)32)35-23-17-15-22(16-18-23)31-29(33)21-10-8-9-20(2)19-21/h4-19,28H,3H2,1-2H3,(H,31,33). The first-order chi connectivity index (χ1) is 17.0. The summed E-state index contributed by atoms with van der Waals surface area (Å²) >= 11 is 1.56. The van der Waals surface area contributed by atoms with Crippen LogP contribution >= 0.6 is 11.8 Å². The van der Waals surface area contributed by atoms with Crippen LogP contribution in [0.1, 0.15) is 34.1 Å². The maximum Gasteiger partial charge on any atom is 0.255 e. The Morgan fingerprint density at radius 1 is 0.829 bits per heavy atom. The molecule has 5 rings (SSSR count). The third-order valence-corrected chi connectivity index (χ3v) is 7.48. The van der Waals surface area contributed by atoms with Crippen LogP contribution < -0.4 is 5.32 Å². The number of anilines is 1. The zero-order chi connectivity index (χ0) is 24.4. The molecule has 5 heteroatoms. The monoisotopic (exact) mass is 478 g/mol. The molecule has 4 aromatic carbocycles. The first kappa shape index (κ1) is 22.9. The Bertz CT molecular complexity index is 1480. The van der Waals surface area contributed by atoms with E-state index in [1.54, 1.807) is 17.8 Å². The van der Waals surface area contributed by atoms with Gasteiger partial charge in [-0.2, -0.15) is 0 Å². The number of carbonyl (C=O) groups excluding carboxylic acids is 2. The molecule has 0 radical (unpaired) electrons. The number of amides is 1. The third kappa shape index (κ3) is 4.60. The summed E-state index contributed by atoms with van der Waals surface area (Å²) in [5.74, 6) is -0.0613. The topological polar surface area (TPSA) is 51.1 Å². The van der Waals surface area contributed by atoms with Crippen LogP contribution in [-0.4, -0.2) is 21.6 Å². The van der Waals surface area contributed by atoms with Gasteiger partial charge in [0.1, 0.15) is 0 Å². The maximum absolute atomic E-state index is 13.8. The van der Waals surface area contributed by atoms with Crippen molar-refractivity contribution in [3.05, 3.63) is 108 Å². The van der Waals surface area contributed by atoms with E-state index < -0.39 is 0 Å². The Kier molecular flexibility index (Phi) is 6.43. The Morgan fingerprint density at radius 3 is 2.06 bits per heavy atom. The summed E-state index contributed by atoms with van der Waals surface area (Å²) in [6.07, 6.45) is 0.705. The molecule has 0 aliphatic rings. The normalized spacial score (nSPS) is 12.1. The van der Waals surface area contributed by atoms with E-state index in [-0.39, 0.29) is 17.1 Å². The second-order valence-corrected chi connectivity index (χ2v) is 9.85. The van der Waals surface area contributed by atoms with E-state index >= 15 is 0 Å². The van der Waals surface area contributed by atoms with Crippen LogP contribution in [-0.2, 0) is 0 Å². The average Bonchev–Trinajstić information content (AvgIpc) is 3.22. The summed E-state index contributed by atoms with van der Waals surface area (Å²) in [5, 5.41) is 4.89. The minimum Gasteiger partial charge on any atom is -0.322 e. The largest absolute Gasteiger partial charge is 0.322 e. The van der Waals surface area contributed by atoms with Crippen LogP contribution in [0.4, 0.5) is 5.69 Å². The van der Waals surface area contributed by atoms with E-state index in [4.69, 9.17) is 0 Å². The first-order valence-electron chi connectivity index (χ1n) is 11.7. The molecule has 0 saturated heterocycles. The molecule has 1 aromatic heterocycles. The molecule has 1 amide bonds. The Balaban J connectivity index is 1.36. The number of thioether (sulfide) groups is 1. The van der Waals surface area contributed by atoms with Crippen molar-refractivity contribution < 1.29 is 9.59 Å². The molecule has 5 aromatic rings. The first-order valence-corrected chi connectivity index (χ1v) is 12.6. The molecule has 0 saturated carbocycles. The quantitative estimate of drug-likeness (QED) is 0.256. The van der Waals surface area contributed by atoms with Crippen LogP contribution in [0.25, 0.3) is 21.8 Å². The van der Waals surface area contributed by atoms with Gasteiger partial charge in [0, 0.05) is 26.9 Å². The van der Waals surface area contributed by atoms with Gasteiger partial charge < -0.3 is 5.32 Å². The molecule has 4 nitrogen and oxygen atoms in total. The molecule has 1 atom stereocenters. The highest BCUT2D eigenvalue weighted by molar-refractivity contribution is 8.00. The zero-order valence-corrected chi connectivity index (χ0v) is 20.5. The molecule has 1 N–H and O–H groups in total. The number of benzene rings is 4. The second-order valence-electron chi connectivity index (χ2n) is 8.57. The lowest BCUT2D eigenvalue weighted by Gasteiger charge is -2.16. The van der Waals surface area contributed by atoms with E-state index in [2.05, 4.69) is 17.4 Å². The fourth-order valence-electron chi connectivity index (χ4n) is 4.38. The van der Waals surface area contributed by atoms with E-state index in [0.717, 1.165) is 38.0 Å². The van der Waals surface area contributed by atoms with Gasteiger partial charge in [-0.15, -0.1) is 11.8 Å². The maximum atomic E-state index is 13.8. The van der Waals surface area contributed by atoms with Crippen molar-refractivity contribution in [1.29, 1.82) is 0 Å². The lowest BCUT2D eigenvalue weighted by Crippen LogP contribution is -2.23. The number of carbonyl (C=O) groups is 2. The zero-order valence-electron chi connectivity index (χ0n) is 19.7. The molecular formula is C30H26N2O2S. The Labute approximate surface area is 209 Å². The summed E-state index contributed by atoms with van der Waals surface area (Å²) in [6, 6.07) is 31.3. The van der Waals surface area contributed by atoms with Gasteiger partial charge in [0.2, 0.25) is 5.91 Å². The van der Waals surface area contributed by atoms with Gasteiger partial charge in [-0.3, -0.25) is 14.2 Å². The number of hydrogen-bond donors (Lipinski definition) is 1. The summed E-state index contributed by atoms with van der Waals surface area (Å²) in [6.45, 7) is 4.01. The number of aryl methyl sites for hydroxylation is 1. The van der Waals surface area contributed by atoms with Gasteiger partial charge in [0.25, 0.3) is 5.91 Å². The number of hydrogen-bond acceptors (Lipinski definition) is 3. The molecule has 35 heavy (non-hydrogen) atoms. The predicted molar refractivity (Wildman–Crippen MR) is 146 cm³/mol. The summed E-state index contributed by atoms with van der Waals surface area (Å²) < 4.78 is 1.86. The number of aromatic nitrogens is 1. The molecule has 0 fully saturated rings. The minimum atomic E-state index is -0.234. The molecule has 174 valence electrons. The lowest BCUT2D eigenvalue weighted by molar-refractivity contribution is 0.0918. The predicted octanol–water partition coefficient (Wildman–Crippen LogP) is 7.57. The molecule has 0 spiro atoms. The SMILES string of the molecule is CCC(Sc1ccc(NC(=O)c2cccc(C)c2)cc1)C(=O)n1c2ccccc2c2ccccc21. The number of para-hydroxylation sites is 2. The van der Waals surface area contributed by atoms with Gasteiger partial charge in [-0.25, -0.2) is 0 Å². The van der Waals surface area contributed by atoms with Crippen molar-refractivity contribution in [2.75, 3.05) is 5.32 Å². The number of fused-ring (bicyclic) bond motifs is 3. The molecule has 0 aliphatic carbocycles. The minimum absolute atomic E-state index is 0.0757. The highest BCUT2D eigenvalue weighted by atomic mass is 32.2. The number of rotatable bonds is 6. The smallest absolute Gasteiger partial charge is 0.255 e. The van der Waals surface area contributed by atoms with E-state index in [0.29, 0.717) is 12.0 Å². The summed E-state index contributed by atoms with van der Waals surface area (Å²) in [4.78, 5) is 27.3. The fourth-order valence-corrected chi connectivity index (χ4v) is 5.38. The number of nitrogens with one attached hydrogen (secondary N) is 1. The van der Waals surface area contributed by atoms with Crippen molar-refractivity contribution in [3.8, 4) is 0 Å². The van der Waals surface area contributed by atoms with Gasteiger partial charge in [0.15, 0.2) is 0 Å². The van der Waals surface area contributed by atoms with Crippen LogP contribution in [0.3, 0.4) is 0 Å². The second kappa shape index (κ2) is 9.80. The fraction of sp³-hybridized carbons (Fsp3) is 0.133. The Morgan fingerprint density at radius 2 is 1.46 bits per heavy atom. The molecule has 0 aliphatic heterocycles. The highest BCUT2D eigenvalue weighted by Gasteiger charge is 2.23. The summed E-state index contributed by atoms with van der Waals surface area (Å²) in [5.41, 5.74) is 4.27. The molecule has 1 heterocycles. The van der Waals surface area contributed by atoms with Crippen LogP contribution in [0.2, 0.25) is 0 Å². The van der Waals surface area contributed by atoms with E-state index in [1.807, 2.05) is 97.3 Å². The van der Waals surface area contributed by atoms with E-state index in [1.165, 1.54) is 0 Å². The lowest BCUT2D eigenvalue weighted by atomic mass is 10.1. The summed E-state index contributed by atoms with van der Waals surface area (Å²) in [7, 11) is 0. The van der Waals surface area contributed by atoms with Crippen molar-refractivity contribution in [3.63, 3.8) is 0 Å². The third-order valence-electron chi connectivity index (χ3n) is 6.12. The van der Waals surface area contributed by atoms with Crippen LogP contribution in [0, 0.1) is 6.92 Å². The van der Waals surface area contributed by atoms with Crippen LogP contribution in [0.15, 0.2) is 102 Å². The van der Waals surface area contributed by atoms with Gasteiger partial charge in [-0.05, 0) is 61.9 Å². The van der Waals surface area contributed by atoms with Gasteiger partial charge in [0.05, 0.1) is 16.3 Å². The average molecular weight is 479 g/mol. The van der Waals surface area contributed by atoms with Crippen molar-refractivity contribution >= 4 is 51.1 Å². The number of nitrogens with zero attached hydrogens (tertiary/aromatic N) is 1. The molecule has 1 unspecified atom stereocenters. The molecular weight excluding hydrogens is 452 g/mol. The Hall–Kier alpha value is -3.83. The van der Waals surface area contributed by atoms with Gasteiger partial charge >= 0.3 is 0 Å². The molecule has 0 bridgehead atoms. The van der Waals surface area contributed by atoms with Gasteiger partial charge in [-0.1, -0.05) is 61.0 Å². The van der Waals surface area contributed by atoms with Crippen molar-refractivity contribution in [2.45, 2.75) is 30.4 Å². The van der Waals surface area contributed by atoms with E-state index in [9.17, 15) is 9.59 Å². The van der Waals surface area contributed by atoms with Crippen molar-refractivity contribution in [1.82, 2.24) is 4.57 Å². The van der Waals surface area contributed by atoms with Crippen LogP contribution in [0.5, 0.6) is 0 Å². The van der Waals surface area contributed by atoms with Crippen molar-refractivity contribution in [2.24, 2.45) is 0 Å².